The van der Waals surface area contributed by atoms with Crippen molar-refractivity contribution in [3.8, 4) is 5.75 Å². The highest BCUT2D eigenvalue weighted by atomic mass is 16.5. The van der Waals surface area contributed by atoms with Crippen LogP contribution in [0.25, 0.3) is 11.0 Å². The first-order valence-electron chi connectivity index (χ1n) is 8.87. The Bertz CT molecular complexity index is 1070. The number of aromatic amines is 1. The van der Waals surface area contributed by atoms with Crippen LogP contribution in [0.1, 0.15) is 42.1 Å². The molecule has 4 rings (SSSR count). The smallest absolute Gasteiger partial charge is 0.336 e. The molecule has 1 aliphatic rings. The Morgan fingerprint density at radius 1 is 1.37 bits per heavy atom. The molecule has 2 heterocycles. The zero-order valence-corrected chi connectivity index (χ0v) is 15.2. The molecule has 2 aromatic heterocycles. The van der Waals surface area contributed by atoms with Crippen molar-refractivity contribution in [1.29, 1.82) is 0 Å². The van der Waals surface area contributed by atoms with Crippen molar-refractivity contribution in [2.45, 2.75) is 38.5 Å². The van der Waals surface area contributed by atoms with Crippen molar-refractivity contribution in [1.82, 2.24) is 15.2 Å². The Labute approximate surface area is 154 Å². The molecule has 0 atom stereocenters. The number of anilines is 1. The van der Waals surface area contributed by atoms with Gasteiger partial charge in [0.15, 0.2) is 0 Å². The Morgan fingerprint density at radius 2 is 2.19 bits per heavy atom. The highest BCUT2D eigenvalue weighted by Gasteiger charge is 2.27. The molecule has 3 aromatic rings. The van der Waals surface area contributed by atoms with Crippen LogP contribution in [0.2, 0.25) is 0 Å². The molecule has 140 valence electrons. The van der Waals surface area contributed by atoms with E-state index in [4.69, 9.17) is 9.15 Å². The fourth-order valence-corrected chi connectivity index (χ4v) is 3.08. The molecule has 8 heteroatoms. The number of aromatic nitrogens is 3. The Balaban J connectivity index is 1.48. The second-order valence-corrected chi connectivity index (χ2v) is 6.78. The number of H-pyrrole nitrogens is 1. The number of methoxy groups -OCH3 is 1. The van der Waals surface area contributed by atoms with Gasteiger partial charge in [0, 0.05) is 29.9 Å². The van der Waals surface area contributed by atoms with Crippen LogP contribution in [0.5, 0.6) is 5.75 Å². The van der Waals surface area contributed by atoms with Crippen LogP contribution >= 0.6 is 0 Å². The van der Waals surface area contributed by atoms with E-state index < -0.39 is 5.63 Å². The van der Waals surface area contributed by atoms with Gasteiger partial charge in [-0.1, -0.05) is 0 Å². The molecule has 0 radical (unpaired) electrons. The van der Waals surface area contributed by atoms with Crippen molar-refractivity contribution in [2.75, 3.05) is 12.4 Å². The average molecular weight is 368 g/mol. The van der Waals surface area contributed by atoms with Crippen molar-refractivity contribution in [3.05, 3.63) is 45.6 Å². The molecule has 1 saturated carbocycles. The number of carbonyl (C=O) groups excluding carboxylic acids is 1. The van der Waals surface area contributed by atoms with Crippen LogP contribution in [-0.4, -0.2) is 28.2 Å². The molecule has 27 heavy (non-hydrogen) atoms. The van der Waals surface area contributed by atoms with E-state index in [1.165, 1.54) is 6.07 Å². The summed E-state index contributed by atoms with van der Waals surface area (Å²) in [7, 11) is 1.55. The van der Waals surface area contributed by atoms with E-state index >= 15 is 0 Å². The number of amides is 1. The number of aryl methyl sites for hydroxylation is 2. The summed E-state index contributed by atoms with van der Waals surface area (Å²) < 4.78 is 10.6. The van der Waals surface area contributed by atoms with Gasteiger partial charge in [-0.15, -0.1) is 5.10 Å². The lowest BCUT2D eigenvalue weighted by Gasteiger charge is -2.10. The van der Waals surface area contributed by atoms with Crippen molar-refractivity contribution in [2.24, 2.45) is 0 Å². The molecule has 0 aliphatic heterocycles. The fraction of sp³-hybridized carbons (Fsp3) is 0.368. The maximum atomic E-state index is 12.2. The van der Waals surface area contributed by atoms with Crippen LogP contribution in [0.15, 0.2) is 27.4 Å². The molecule has 1 aromatic carbocycles. The summed E-state index contributed by atoms with van der Waals surface area (Å²) in [6.07, 6.45) is 2.96. The molecule has 0 unspecified atom stereocenters. The summed E-state index contributed by atoms with van der Waals surface area (Å²) in [5.41, 5.74) is 1.76. The number of nitrogens with one attached hydrogen (secondary N) is 2. The Morgan fingerprint density at radius 3 is 2.93 bits per heavy atom. The lowest BCUT2D eigenvalue weighted by Crippen LogP contribution is -2.13. The van der Waals surface area contributed by atoms with E-state index in [2.05, 4.69) is 20.5 Å². The fourth-order valence-electron chi connectivity index (χ4n) is 3.08. The summed E-state index contributed by atoms with van der Waals surface area (Å²) >= 11 is 0. The zero-order valence-electron chi connectivity index (χ0n) is 15.2. The highest BCUT2D eigenvalue weighted by molar-refractivity contribution is 5.89. The molecule has 1 amide bonds. The quantitative estimate of drug-likeness (QED) is 0.647. The minimum atomic E-state index is -0.397. The van der Waals surface area contributed by atoms with Crippen molar-refractivity contribution >= 4 is 22.8 Å². The molecule has 0 saturated heterocycles. The molecule has 0 bridgehead atoms. The topological polar surface area (TPSA) is 110 Å². The second kappa shape index (κ2) is 6.86. The van der Waals surface area contributed by atoms with Gasteiger partial charge >= 0.3 is 5.63 Å². The summed E-state index contributed by atoms with van der Waals surface area (Å²) in [5, 5.41) is 10.4. The number of hydrogen-bond acceptors (Lipinski definition) is 6. The van der Waals surface area contributed by atoms with Crippen molar-refractivity contribution in [3.63, 3.8) is 0 Å². The number of nitrogens with zero attached hydrogens (tertiary/aromatic N) is 2. The summed E-state index contributed by atoms with van der Waals surface area (Å²) in [5.74, 6) is 2.00. The van der Waals surface area contributed by atoms with Crippen LogP contribution < -0.4 is 15.7 Å². The van der Waals surface area contributed by atoms with E-state index in [-0.39, 0.29) is 12.3 Å². The first-order chi connectivity index (χ1) is 13.0. The van der Waals surface area contributed by atoms with Crippen LogP contribution in [0.4, 0.5) is 5.95 Å². The first-order valence-corrected chi connectivity index (χ1v) is 8.87. The molecule has 8 nitrogen and oxygen atoms in total. The summed E-state index contributed by atoms with van der Waals surface area (Å²) in [4.78, 5) is 28.1. The van der Waals surface area contributed by atoms with E-state index in [9.17, 15) is 9.59 Å². The van der Waals surface area contributed by atoms with Gasteiger partial charge in [0.1, 0.15) is 17.2 Å². The number of carbonyl (C=O) groups is 1. The zero-order chi connectivity index (χ0) is 19.0. The van der Waals surface area contributed by atoms with Crippen LogP contribution in [0, 0.1) is 6.92 Å². The third-order valence-corrected chi connectivity index (χ3v) is 4.69. The number of ether oxygens (including phenoxy) is 1. The molecule has 1 fully saturated rings. The predicted molar refractivity (Wildman–Crippen MR) is 99.1 cm³/mol. The normalized spacial score (nSPS) is 13.7. The van der Waals surface area contributed by atoms with Crippen LogP contribution in [-0.2, 0) is 11.2 Å². The lowest BCUT2D eigenvalue weighted by atomic mass is 10.0. The second-order valence-electron chi connectivity index (χ2n) is 6.78. The third-order valence-electron chi connectivity index (χ3n) is 4.69. The van der Waals surface area contributed by atoms with Crippen molar-refractivity contribution < 1.29 is 13.9 Å². The largest absolute Gasteiger partial charge is 0.496 e. The van der Waals surface area contributed by atoms with Gasteiger partial charge in [-0.25, -0.2) is 4.79 Å². The van der Waals surface area contributed by atoms with Crippen LogP contribution in [0.3, 0.4) is 0 Å². The van der Waals surface area contributed by atoms with Gasteiger partial charge in [0.25, 0.3) is 0 Å². The first kappa shape index (κ1) is 17.3. The Kier molecular flexibility index (Phi) is 4.39. The van der Waals surface area contributed by atoms with Gasteiger partial charge in [0.2, 0.25) is 11.9 Å². The molecule has 2 N–H and O–H groups in total. The maximum absolute atomic E-state index is 12.2. The summed E-state index contributed by atoms with van der Waals surface area (Å²) in [6.45, 7) is 1.85. The van der Waals surface area contributed by atoms with E-state index in [1.54, 1.807) is 13.2 Å². The van der Waals surface area contributed by atoms with Gasteiger partial charge in [-0.2, -0.15) is 4.98 Å². The summed E-state index contributed by atoms with van der Waals surface area (Å²) in [6, 6.07) is 5.04. The van der Waals surface area contributed by atoms with Gasteiger partial charge in [-0.3, -0.25) is 15.2 Å². The molecule has 1 aliphatic carbocycles. The molecular formula is C19H20N4O4. The van der Waals surface area contributed by atoms with Gasteiger partial charge < -0.3 is 9.15 Å². The standard InChI is InChI=1S/C19H20N4O4/c1-10-7-17(25)27-15-9-14(26-2)12(8-13(10)15)5-6-16(24)20-19-21-18(22-23-19)11-3-4-11/h7-9,11H,3-6H2,1-2H3,(H2,20,21,22,23,24). The van der Waals surface area contributed by atoms with Gasteiger partial charge in [-0.05, 0) is 43.4 Å². The average Bonchev–Trinajstić information content (AvgIpc) is 3.39. The minimum Gasteiger partial charge on any atom is -0.496 e. The number of benzene rings is 1. The monoisotopic (exact) mass is 368 g/mol. The third kappa shape index (κ3) is 3.69. The number of hydrogen-bond donors (Lipinski definition) is 2. The highest BCUT2D eigenvalue weighted by Crippen LogP contribution is 2.38. The SMILES string of the molecule is COc1cc2oc(=O)cc(C)c2cc1CCC(=O)Nc1n[nH]c(C2CC2)n1. The molecule has 0 spiro atoms. The predicted octanol–water partition coefficient (Wildman–Crippen LogP) is 2.68. The maximum Gasteiger partial charge on any atom is 0.336 e. The van der Waals surface area contributed by atoms with E-state index in [1.807, 2.05) is 13.0 Å². The number of rotatable bonds is 6. The van der Waals surface area contributed by atoms with E-state index in [0.29, 0.717) is 29.6 Å². The molecular weight excluding hydrogens is 348 g/mol. The Hall–Kier alpha value is -3.16. The number of fused-ring (bicyclic) bond motifs is 1. The van der Waals surface area contributed by atoms with Gasteiger partial charge in [0.05, 0.1) is 7.11 Å². The van der Waals surface area contributed by atoms with E-state index in [0.717, 1.165) is 35.2 Å². The minimum absolute atomic E-state index is 0.171. The lowest BCUT2D eigenvalue weighted by molar-refractivity contribution is -0.116.